The van der Waals surface area contributed by atoms with Gasteiger partial charge in [0.05, 0.1) is 17.8 Å². The van der Waals surface area contributed by atoms with E-state index in [0.29, 0.717) is 64.9 Å². The number of hydrogen-bond acceptors (Lipinski definition) is 4. The number of carbonyl (C=O) groups excluding carboxylic acids is 1. The van der Waals surface area contributed by atoms with Gasteiger partial charge in [-0.2, -0.15) is 13.2 Å². The number of hydrogen-bond donors (Lipinski definition) is 1. The number of ether oxygens (including phenoxy) is 2. The predicted molar refractivity (Wildman–Crippen MR) is 153 cm³/mol. The first-order valence-corrected chi connectivity index (χ1v) is 14.1. The molecule has 43 heavy (non-hydrogen) atoms. The molecule has 10 heteroatoms. The molecule has 6 nitrogen and oxygen atoms in total. The summed E-state index contributed by atoms with van der Waals surface area (Å²) in [6.07, 6.45) is -4.31. The van der Waals surface area contributed by atoms with E-state index < -0.39 is 41.1 Å². The molecule has 0 bridgehead atoms. The maximum atomic E-state index is 15.5. The Balaban J connectivity index is 1.72. The molecule has 3 aromatic rings. The molecule has 0 saturated carbocycles. The van der Waals surface area contributed by atoms with E-state index in [-0.39, 0.29) is 17.9 Å². The van der Waals surface area contributed by atoms with E-state index in [1.165, 1.54) is 11.0 Å². The maximum Gasteiger partial charge on any atom is 0.416 e. The zero-order chi connectivity index (χ0) is 31.4. The molecular weight excluding hydrogens is 566 g/mol. The lowest BCUT2D eigenvalue weighted by Crippen LogP contribution is -2.30. The largest absolute Gasteiger partial charge is 0.490 e. The van der Waals surface area contributed by atoms with Gasteiger partial charge in [0.2, 0.25) is 0 Å². The monoisotopic (exact) mass is 599 g/mol. The van der Waals surface area contributed by atoms with Gasteiger partial charge in [0.1, 0.15) is 0 Å². The van der Waals surface area contributed by atoms with E-state index in [1.54, 1.807) is 33.8 Å². The Bertz CT molecular complexity index is 1610. The number of alkyl halides is 3. The molecule has 1 atom stereocenters. The molecule has 0 spiro atoms. The molecule has 0 aromatic heterocycles. The Hall–Kier alpha value is -3.92. The molecule has 2 aliphatic rings. The van der Waals surface area contributed by atoms with Gasteiger partial charge in [-0.3, -0.25) is 4.79 Å². The van der Waals surface area contributed by atoms with Gasteiger partial charge in [0.25, 0.3) is 5.91 Å². The van der Waals surface area contributed by atoms with Crippen LogP contribution < -0.4 is 9.64 Å². The highest BCUT2D eigenvalue weighted by Gasteiger charge is 2.38. The predicted octanol–water partition coefficient (Wildman–Crippen LogP) is 7.60. The molecule has 5 rings (SSSR count). The summed E-state index contributed by atoms with van der Waals surface area (Å²) in [4.78, 5) is 27.8. The molecule has 1 N–H and O–H groups in total. The van der Waals surface area contributed by atoms with E-state index in [9.17, 15) is 27.9 Å². The zero-order valence-corrected chi connectivity index (χ0v) is 24.6. The van der Waals surface area contributed by atoms with Crippen molar-refractivity contribution in [2.75, 3.05) is 18.1 Å². The minimum Gasteiger partial charge on any atom is -0.490 e. The second-order valence-electron chi connectivity index (χ2n) is 12.0. The van der Waals surface area contributed by atoms with Crippen molar-refractivity contribution in [1.82, 2.24) is 0 Å². The molecule has 2 aliphatic heterocycles. The van der Waals surface area contributed by atoms with Crippen LogP contribution in [0.15, 0.2) is 36.4 Å². The van der Waals surface area contributed by atoms with Crippen LogP contribution >= 0.6 is 0 Å². The quantitative estimate of drug-likeness (QED) is 0.306. The van der Waals surface area contributed by atoms with Gasteiger partial charge in [-0.1, -0.05) is 0 Å². The molecular formula is C33H33F4NO5. The van der Waals surface area contributed by atoms with Crippen molar-refractivity contribution in [3.8, 4) is 16.9 Å². The van der Waals surface area contributed by atoms with Crippen LogP contribution in [0.4, 0.5) is 23.2 Å². The second kappa shape index (κ2) is 11.0. The minimum atomic E-state index is -4.53. The van der Waals surface area contributed by atoms with Crippen LogP contribution in [0.25, 0.3) is 11.1 Å². The average molecular weight is 600 g/mol. The zero-order valence-electron chi connectivity index (χ0n) is 24.6. The summed E-state index contributed by atoms with van der Waals surface area (Å²) < 4.78 is 66.6. The van der Waals surface area contributed by atoms with Crippen molar-refractivity contribution in [2.45, 2.75) is 71.8 Å². The molecule has 1 amide bonds. The van der Waals surface area contributed by atoms with Crippen molar-refractivity contribution < 1.29 is 41.7 Å². The number of aryl methyl sites for hydroxylation is 1. The molecule has 0 aliphatic carbocycles. The Morgan fingerprint density at radius 2 is 1.70 bits per heavy atom. The summed E-state index contributed by atoms with van der Waals surface area (Å²) in [7, 11) is 0. The number of aliphatic carboxylic acids is 1. The summed E-state index contributed by atoms with van der Waals surface area (Å²) in [5.41, 5.74) is 2.84. The first kappa shape index (κ1) is 30.5. The number of fused-ring (bicyclic) bond motifs is 2. The SMILES string of the molecule is Cc1cc2c(c(-c3cc(F)c4c(c3C)CCCO4)c1C(OC(C)(C)C)C(=O)O)CCN2C(=O)c1ccc(C(F)(F)F)cc1. The van der Waals surface area contributed by atoms with Gasteiger partial charge in [0, 0.05) is 28.9 Å². The van der Waals surface area contributed by atoms with Crippen LogP contribution in [0.2, 0.25) is 0 Å². The number of amides is 1. The van der Waals surface area contributed by atoms with Crippen LogP contribution in [0.3, 0.4) is 0 Å². The fourth-order valence-electron chi connectivity index (χ4n) is 6.01. The van der Waals surface area contributed by atoms with Crippen molar-refractivity contribution >= 4 is 17.6 Å². The average Bonchev–Trinajstić information content (AvgIpc) is 3.35. The summed E-state index contributed by atoms with van der Waals surface area (Å²) >= 11 is 0. The summed E-state index contributed by atoms with van der Waals surface area (Å²) in [5.74, 6) is -2.07. The number of halogens is 4. The lowest BCUT2D eigenvalue weighted by Gasteiger charge is -2.30. The topological polar surface area (TPSA) is 76.1 Å². The first-order valence-electron chi connectivity index (χ1n) is 14.1. The van der Waals surface area contributed by atoms with Gasteiger partial charge in [-0.15, -0.1) is 0 Å². The molecule has 0 saturated heterocycles. The highest BCUT2D eigenvalue weighted by Crippen LogP contribution is 2.48. The smallest absolute Gasteiger partial charge is 0.416 e. The number of carboxylic acid groups (broad SMARTS) is 1. The van der Waals surface area contributed by atoms with Gasteiger partial charge in [0.15, 0.2) is 17.7 Å². The number of benzene rings is 3. The Morgan fingerprint density at radius 3 is 2.30 bits per heavy atom. The highest BCUT2D eigenvalue weighted by atomic mass is 19.4. The number of anilines is 1. The van der Waals surface area contributed by atoms with Crippen molar-refractivity contribution in [3.05, 3.63) is 81.2 Å². The number of carboxylic acids is 1. The van der Waals surface area contributed by atoms with Crippen LogP contribution in [0.1, 0.15) is 77.0 Å². The van der Waals surface area contributed by atoms with E-state index in [4.69, 9.17) is 9.47 Å². The van der Waals surface area contributed by atoms with E-state index in [1.807, 2.05) is 6.92 Å². The molecule has 2 heterocycles. The van der Waals surface area contributed by atoms with Crippen LogP contribution in [-0.2, 0) is 28.5 Å². The highest BCUT2D eigenvalue weighted by molar-refractivity contribution is 6.08. The Labute approximate surface area is 247 Å². The minimum absolute atomic E-state index is 0.0803. The maximum absolute atomic E-state index is 15.5. The van der Waals surface area contributed by atoms with Crippen molar-refractivity contribution in [1.29, 1.82) is 0 Å². The molecule has 0 fully saturated rings. The Morgan fingerprint density at radius 1 is 1.02 bits per heavy atom. The van der Waals surface area contributed by atoms with E-state index in [0.717, 1.165) is 29.8 Å². The standard InChI is InChI=1S/C33H33F4NO5/c1-17-15-25-22(12-13-38(25)30(39)19-8-10-20(11-9-19)33(35,36)37)27(26(17)29(31(40)41)43-32(3,4)5)23-16-24(34)28-21(18(23)2)7-6-14-42-28/h8-11,15-16,29H,6-7,12-14H2,1-5H3,(H,40,41). The number of nitrogens with zero attached hydrogens (tertiary/aromatic N) is 1. The van der Waals surface area contributed by atoms with E-state index >= 15 is 4.39 Å². The molecule has 0 radical (unpaired) electrons. The van der Waals surface area contributed by atoms with Gasteiger partial charge < -0.3 is 19.5 Å². The van der Waals surface area contributed by atoms with Crippen LogP contribution in [0.5, 0.6) is 5.75 Å². The first-order chi connectivity index (χ1) is 20.1. The normalized spacial score (nSPS) is 15.5. The third-order valence-electron chi connectivity index (χ3n) is 7.90. The lowest BCUT2D eigenvalue weighted by atomic mass is 9.83. The van der Waals surface area contributed by atoms with Gasteiger partial charge in [-0.25, -0.2) is 9.18 Å². The molecule has 228 valence electrons. The third kappa shape index (κ3) is 5.72. The summed E-state index contributed by atoms with van der Waals surface area (Å²) in [6.45, 7) is 9.41. The van der Waals surface area contributed by atoms with Crippen LogP contribution in [-0.4, -0.2) is 35.7 Å². The second-order valence-corrected chi connectivity index (χ2v) is 12.0. The number of rotatable bonds is 5. The fraction of sp³-hybridized carbons (Fsp3) is 0.394. The van der Waals surface area contributed by atoms with E-state index in [2.05, 4.69) is 0 Å². The molecule has 1 unspecified atom stereocenters. The number of carbonyl (C=O) groups is 2. The summed E-state index contributed by atoms with van der Waals surface area (Å²) in [6, 6.07) is 7.09. The molecule has 3 aromatic carbocycles. The summed E-state index contributed by atoms with van der Waals surface area (Å²) in [5, 5.41) is 10.4. The van der Waals surface area contributed by atoms with Crippen molar-refractivity contribution in [3.63, 3.8) is 0 Å². The van der Waals surface area contributed by atoms with Gasteiger partial charge >= 0.3 is 12.1 Å². The van der Waals surface area contributed by atoms with Crippen LogP contribution in [0, 0.1) is 19.7 Å². The fourth-order valence-corrected chi connectivity index (χ4v) is 6.01. The Kier molecular flexibility index (Phi) is 7.79. The third-order valence-corrected chi connectivity index (χ3v) is 7.90. The lowest BCUT2D eigenvalue weighted by molar-refractivity contribution is -0.160. The van der Waals surface area contributed by atoms with Gasteiger partial charge in [-0.05, 0) is 118 Å². The van der Waals surface area contributed by atoms with Crippen molar-refractivity contribution in [2.24, 2.45) is 0 Å².